The minimum absolute atomic E-state index is 0.263. The van der Waals surface area contributed by atoms with E-state index in [0.29, 0.717) is 17.4 Å². The van der Waals surface area contributed by atoms with Gasteiger partial charge in [-0.15, -0.1) is 0 Å². The van der Waals surface area contributed by atoms with E-state index in [0.717, 1.165) is 32.6 Å². The van der Waals surface area contributed by atoms with Crippen LogP contribution in [0.5, 0.6) is 0 Å². The number of esters is 2. The van der Waals surface area contributed by atoms with Crippen LogP contribution in [0.4, 0.5) is 15.8 Å². The van der Waals surface area contributed by atoms with Crippen LogP contribution in [0.15, 0.2) is 30.0 Å². The van der Waals surface area contributed by atoms with Gasteiger partial charge in [0.05, 0.1) is 5.69 Å². The van der Waals surface area contributed by atoms with Crippen LogP contribution >= 0.6 is 0 Å². The molecule has 1 atom stereocenters. The summed E-state index contributed by atoms with van der Waals surface area (Å²) in [6.45, 7) is 6.69. The van der Waals surface area contributed by atoms with E-state index in [1.54, 1.807) is 12.1 Å². The lowest BCUT2D eigenvalue weighted by Crippen LogP contribution is -2.50. The average Bonchev–Trinajstić information content (AvgIpc) is 3.07. The molecule has 0 radical (unpaired) electrons. The number of hydrogen-bond donors (Lipinski definition) is 1. The summed E-state index contributed by atoms with van der Waals surface area (Å²) in [4.78, 5) is 28.4. The van der Waals surface area contributed by atoms with Crippen molar-refractivity contribution in [2.75, 3.05) is 36.4 Å². The van der Waals surface area contributed by atoms with Gasteiger partial charge in [-0.3, -0.25) is 4.90 Å². The molecule has 4 rings (SSSR count). The number of hydrogen-bond acceptors (Lipinski definition) is 7. The van der Waals surface area contributed by atoms with Crippen molar-refractivity contribution in [3.63, 3.8) is 0 Å². The summed E-state index contributed by atoms with van der Waals surface area (Å²) < 4.78 is 24.8. The standard InChI is InChI=1S/C20H24FN3O4/c1-20(2)27-18(25)15(19(26)28-20)11-22-13-5-6-17(16(21)10-13)24-9-8-23-7-3-4-14(23)12-24/h5-6,10-11,14,22H,3-4,7-9,12H2,1-2H3. The van der Waals surface area contributed by atoms with Crippen LogP contribution in [-0.2, 0) is 19.1 Å². The van der Waals surface area contributed by atoms with Crippen molar-refractivity contribution >= 4 is 23.3 Å². The summed E-state index contributed by atoms with van der Waals surface area (Å²) >= 11 is 0. The number of piperazine rings is 1. The molecular weight excluding hydrogens is 365 g/mol. The number of benzene rings is 1. The van der Waals surface area contributed by atoms with Crippen LogP contribution in [-0.4, -0.2) is 54.8 Å². The third-order valence-corrected chi connectivity index (χ3v) is 5.38. The molecule has 0 bridgehead atoms. The Hall–Kier alpha value is -2.61. The molecule has 7 nitrogen and oxygen atoms in total. The second kappa shape index (κ2) is 7.09. The van der Waals surface area contributed by atoms with E-state index in [-0.39, 0.29) is 11.4 Å². The molecule has 0 aliphatic carbocycles. The second-order valence-corrected chi connectivity index (χ2v) is 7.83. The first-order chi connectivity index (χ1) is 13.3. The van der Waals surface area contributed by atoms with Crippen molar-refractivity contribution in [1.82, 2.24) is 4.90 Å². The number of ether oxygens (including phenoxy) is 2. The van der Waals surface area contributed by atoms with Gasteiger partial charge in [0.1, 0.15) is 5.82 Å². The minimum Gasteiger partial charge on any atom is -0.419 e. The molecule has 3 saturated heterocycles. The molecule has 3 aliphatic rings. The number of fused-ring (bicyclic) bond motifs is 1. The average molecular weight is 389 g/mol. The van der Waals surface area contributed by atoms with Crippen molar-refractivity contribution in [3.05, 3.63) is 35.8 Å². The fourth-order valence-electron chi connectivity index (χ4n) is 4.00. The van der Waals surface area contributed by atoms with Gasteiger partial charge in [0.2, 0.25) is 0 Å². The number of nitrogens with one attached hydrogen (secondary N) is 1. The maximum atomic E-state index is 14.7. The highest BCUT2D eigenvalue weighted by molar-refractivity contribution is 6.15. The number of rotatable bonds is 3. The lowest BCUT2D eigenvalue weighted by atomic mass is 10.1. The fraction of sp³-hybridized carbons (Fsp3) is 0.500. The van der Waals surface area contributed by atoms with E-state index in [1.165, 1.54) is 32.5 Å². The fourth-order valence-corrected chi connectivity index (χ4v) is 4.00. The molecule has 0 saturated carbocycles. The van der Waals surface area contributed by atoms with Crippen LogP contribution < -0.4 is 10.2 Å². The molecule has 1 N–H and O–H groups in total. The zero-order chi connectivity index (χ0) is 19.9. The van der Waals surface area contributed by atoms with Gasteiger partial charge in [-0.1, -0.05) is 0 Å². The number of carbonyl (C=O) groups excluding carboxylic acids is 2. The largest absolute Gasteiger partial charge is 0.419 e. The Bertz CT molecular complexity index is 817. The summed E-state index contributed by atoms with van der Waals surface area (Å²) in [5.74, 6) is -3.19. The van der Waals surface area contributed by atoms with Crippen molar-refractivity contribution in [2.24, 2.45) is 0 Å². The molecule has 3 aliphatic heterocycles. The second-order valence-electron chi connectivity index (χ2n) is 7.83. The molecule has 0 spiro atoms. The first kappa shape index (κ1) is 18.7. The van der Waals surface area contributed by atoms with Gasteiger partial charge < -0.3 is 19.7 Å². The van der Waals surface area contributed by atoms with Crippen molar-refractivity contribution in [2.45, 2.75) is 38.5 Å². The van der Waals surface area contributed by atoms with Crippen LogP contribution in [0.2, 0.25) is 0 Å². The summed E-state index contributed by atoms with van der Waals surface area (Å²) in [7, 11) is 0. The molecule has 1 aromatic carbocycles. The Balaban J connectivity index is 1.45. The molecule has 8 heteroatoms. The molecule has 3 fully saturated rings. The maximum Gasteiger partial charge on any atom is 0.350 e. The van der Waals surface area contributed by atoms with Gasteiger partial charge in [-0.25, -0.2) is 14.0 Å². The quantitative estimate of drug-likeness (QED) is 0.483. The van der Waals surface area contributed by atoms with Crippen molar-refractivity contribution < 1.29 is 23.5 Å². The van der Waals surface area contributed by atoms with Crippen LogP contribution in [0, 0.1) is 5.82 Å². The Morgan fingerprint density at radius 1 is 1.18 bits per heavy atom. The van der Waals surface area contributed by atoms with E-state index in [9.17, 15) is 14.0 Å². The van der Waals surface area contributed by atoms with Gasteiger partial charge in [0.25, 0.3) is 5.79 Å². The highest BCUT2D eigenvalue weighted by atomic mass is 19.1. The number of halogens is 1. The molecule has 0 aromatic heterocycles. The number of carbonyl (C=O) groups is 2. The van der Waals surface area contributed by atoms with Crippen molar-refractivity contribution in [3.8, 4) is 0 Å². The Morgan fingerprint density at radius 3 is 2.64 bits per heavy atom. The first-order valence-electron chi connectivity index (χ1n) is 9.54. The van der Waals surface area contributed by atoms with E-state index in [4.69, 9.17) is 9.47 Å². The van der Waals surface area contributed by atoms with Gasteiger partial charge >= 0.3 is 11.9 Å². The van der Waals surface area contributed by atoms with E-state index in [1.807, 2.05) is 0 Å². The third-order valence-electron chi connectivity index (χ3n) is 5.38. The predicted octanol–water partition coefficient (Wildman–Crippen LogP) is 2.24. The zero-order valence-electron chi connectivity index (χ0n) is 16.0. The Morgan fingerprint density at radius 2 is 1.93 bits per heavy atom. The number of anilines is 2. The molecule has 1 aromatic rings. The van der Waals surface area contributed by atoms with Crippen molar-refractivity contribution in [1.29, 1.82) is 0 Å². The Kier molecular flexibility index (Phi) is 4.74. The smallest absolute Gasteiger partial charge is 0.350 e. The predicted molar refractivity (Wildman–Crippen MR) is 101 cm³/mol. The van der Waals surface area contributed by atoms with E-state index in [2.05, 4.69) is 15.1 Å². The SMILES string of the molecule is CC1(C)OC(=O)C(=CNc2ccc(N3CCN4CCCC4C3)c(F)c2)C(=O)O1. The maximum absolute atomic E-state index is 14.7. The first-order valence-corrected chi connectivity index (χ1v) is 9.54. The molecule has 0 amide bonds. The summed E-state index contributed by atoms with van der Waals surface area (Å²) in [6.07, 6.45) is 3.56. The summed E-state index contributed by atoms with van der Waals surface area (Å²) in [5, 5.41) is 2.78. The van der Waals surface area contributed by atoms with E-state index >= 15 is 0 Å². The molecule has 3 heterocycles. The highest BCUT2D eigenvalue weighted by Gasteiger charge is 2.39. The third kappa shape index (κ3) is 3.69. The lowest BCUT2D eigenvalue weighted by molar-refractivity contribution is -0.222. The van der Waals surface area contributed by atoms with Crippen LogP contribution in [0.3, 0.4) is 0 Å². The Labute approximate surface area is 163 Å². The molecular formula is C20H24FN3O4. The number of cyclic esters (lactones) is 2. The normalized spacial score (nSPS) is 24.5. The number of nitrogens with zero attached hydrogens (tertiary/aromatic N) is 2. The van der Waals surface area contributed by atoms with Gasteiger partial charge in [0, 0.05) is 51.4 Å². The molecule has 150 valence electrons. The van der Waals surface area contributed by atoms with Gasteiger partial charge in [0.15, 0.2) is 5.57 Å². The van der Waals surface area contributed by atoms with Crippen LogP contribution in [0.25, 0.3) is 0 Å². The molecule has 28 heavy (non-hydrogen) atoms. The lowest BCUT2D eigenvalue weighted by Gasteiger charge is -2.39. The summed E-state index contributed by atoms with van der Waals surface area (Å²) in [5.41, 5.74) is 0.739. The zero-order valence-corrected chi connectivity index (χ0v) is 16.0. The monoisotopic (exact) mass is 389 g/mol. The highest BCUT2D eigenvalue weighted by Crippen LogP contribution is 2.29. The topological polar surface area (TPSA) is 71.1 Å². The van der Waals surface area contributed by atoms with Crippen LogP contribution in [0.1, 0.15) is 26.7 Å². The van der Waals surface area contributed by atoms with E-state index < -0.39 is 17.7 Å². The minimum atomic E-state index is -1.29. The summed E-state index contributed by atoms with van der Waals surface area (Å²) in [6, 6.07) is 5.31. The van der Waals surface area contributed by atoms with Gasteiger partial charge in [-0.2, -0.15) is 0 Å². The molecule has 1 unspecified atom stereocenters. The van der Waals surface area contributed by atoms with Gasteiger partial charge in [-0.05, 0) is 37.6 Å².